The largest absolute Gasteiger partial charge is 0.508 e. The third-order valence-corrected chi connectivity index (χ3v) is 3.10. The summed E-state index contributed by atoms with van der Waals surface area (Å²) < 4.78 is 6.26. The maximum atomic E-state index is 9.69. The highest BCUT2D eigenvalue weighted by Gasteiger charge is 2.09. The molecule has 0 aliphatic rings. The van der Waals surface area contributed by atoms with Crippen LogP contribution in [-0.2, 0) is 6.54 Å². The first-order valence-electron chi connectivity index (χ1n) is 5.41. The topological polar surface area (TPSA) is 45.4 Å². The molecule has 0 unspecified atom stereocenters. The number of halogens is 1. The van der Waals surface area contributed by atoms with Crippen LogP contribution in [0, 0.1) is 0 Å². The van der Waals surface area contributed by atoms with Crippen molar-refractivity contribution in [2.75, 3.05) is 0 Å². The molecule has 1 aromatic carbocycles. The minimum Gasteiger partial charge on any atom is -0.508 e. The van der Waals surface area contributed by atoms with Crippen LogP contribution in [0.1, 0.15) is 24.3 Å². The molecule has 0 saturated heterocycles. The van der Waals surface area contributed by atoms with E-state index in [1.54, 1.807) is 12.3 Å². The fourth-order valence-electron chi connectivity index (χ4n) is 1.60. The number of hydrogen-bond acceptors (Lipinski definition) is 3. The van der Waals surface area contributed by atoms with Crippen molar-refractivity contribution in [3.8, 4) is 5.75 Å². The van der Waals surface area contributed by atoms with Gasteiger partial charge in [0.15, 0.2) is 0 Å². The lowest BCUT2D eigenvalue weighted by molar-refractivity contribution is 0.422. The first-order chi connectivity index (χ1) is 8.16. The summed E-state index contributed by atoms with van der Waals surface area (Å²) in [4.78, 5) is 0. The average Bonchev–Trinajstić information content (AvgIpc) is 2.83. The van der Waals surface area contributed by atoms with Crippen molar-refractivity contribution in [3.63, 3.8) is 0 Å². The van der Waals surface area contributed by atoms with Gasteiger partial charge in [-0.1, -0.05) is 15.9 Å². The highest BCUT2D eigenvalue weighted by molar-refractivity contribution is 9.10. The Hall–Kier alpha value is -1.26. The molecule has 1 atom stereocenters. The van der Waals surface area contributed by atoms with E-state index in [1.807, 2.05) is 31.2 Å². The van der Waals surface area contributed by atoms with Crippen molar-refractivity contribution in [2.24, 2.45) is 0 Å². The molecular formula is C13H14BrNO2. The van der Waals surface area contributed by atoms with Gasteiger partial charge in [0.05, 0.1) is 12.3 Å². The highest BCUT2D eigenvalue weighted by atomic mass is 79.9. The van der Waals surface area contributed by atoms with Gasteiger partial charge < -0.3 is 14.8 Å². The summed E-state index contributed by atoms with van der Waals surface area (Å²) in [5, 5.41) is 13.0. The van der Waals surface area contributed by atoms with Gasteiger partial charge in [0.1, 0.15) is 11.5 Å². The molecule has 0 amide bonds. The number of hydrogen-bond donors (Lipinski definition) is 2. The zero-order valence-electron chi connectivity index (χ0n) is 9.48. The molecule has 0 bridgehead atoms. The van der Waals surface area contributed by atoms with Crippen molar-refractivity contribution in [3.05, 3.63) is 52.4 Å². The first kappa shape index (κ1) is 12.2. The summed E-state index contributed by atoms with van der Waals surface area (Å²) in [6.07, 6.45) is 1.66. The number of phenolic OH excluding ortho intramolecular Hbond substituents is 1. The van der Waals surface area contributed by atoms with Gasteiger partial charge in [-0.2, -0.15) is 0 Å². The van der Waals surface area contributed by atoms with Crippen LogP contribution in [0.4, 0.5) is 0 Å². The van der Waals surface area contributed by atoms with Crippen molar-refractivity contribution in [2.45, 2.75) is 19.5 Å². The van der Waals surface area contributed by atoms with Crippen molar-refractivity contribution < 1.29 is 9.52 Å². The number of nitrogens with one attached hydrogen (secondary N) is 1. The van der Waals surface area contributed by atoms with Gasteiger partial charge in [-0.3, -0.25) is 0 Å². The number of benzene rings is 1. The number of aromatic hydroxyl groups is 1. The van der Waals surface area contributed by atoms with Gasteiger partial charge in [-0.25, -0.2) is 0 Å². The molecule has 0 fully saturated rings. The molecule has 0 aliphatic carbocycles. The fourth-order valence-corrected chi connectivity index (χ4v) is 2.01. The number of furan rings is 1. The van der Waals surface area contributed by atoms with Gasteiger partial charge in [0.25, 0.3) is 0 Å². The summed E-state index contributed by atoms with van der Waals surface area (Å²) in [5.41, 5.74) is 0.859. The Morgan fingerprint density at radius 2 is 2.24 bits per heavy atom. The van der Waals surface area contributed by atoms with Gasteiger partial charge in [-0.15, -0.1) is 0 Å². The molecule has 0 spiro atoms. The minimum atomic E-state index is 0.114. The van der Waals surface area contributed by atoms with E-state index in [2.05, 4.69) is 21.2 Å². The standard InChI is InChI=1S/C13H14BrNO2/c1-9(13-3-2-6-17-13)15-8-10-7-11(14)4-5-12(10)16/h2-7,9,15-16H,8H2,1H3/t9-/m0/s1. The van der Waals surface area contributed by atoms with Crippen molar-refractivity contribution in [1.29, 1.82) is 0 Å². The molecule has 1 aromatic heterocycles. The van der Waals surface area contributed by atoms with E-state index >= 15 is 0 Å². The van der Waals surface area contributed by atoms with Crippen LogP contribution in [0.3, 0.4) is 0 Å². The van der Waals surface area contributed by atoms with Gasteiger partial charge in [-0.05, 0) is 37.3 Å². The van der Waals surface area contributed by atoms with E-state index in [9.17, 15) is 5.11 Å². The average molecular weight is 296 g/mol. The van der Waals surface area contributed by atoms with Crippen LogP contribution in [0.5, 0.6) is 5.75 Å². The second-order valence-corrected chi connectivity index (χ2v) is 4.81. The molecule has 2 aromatic rings. The highest BCUT2D eigenvalue weighted by Crippen LogP contribution is 2.22. The van der Waals surface area contributed by atoms with E-state index in [-0.39, 0.29) is 6.04 Å². The zero-order chi connectivity index (χ0) is 12.3. The smallest absolute Gasteiger partial charge is 0.120 e. The molecule has 3 nitrogen and oxygen atoms in total. The maximum absolute atomic E-state index is 9.69. The predicted molar refractivity (Wildman–Crippen MR) is 69.8 cm³/mol. The van der Waals surface area contributed by atoms with Gasteiger partial charge in [0, 0.05) is 16.6 Å². The van der Waals surface area contributed by atoms with E-state index in [0.717, 1.165) is 15.8 Å². The Kier molecular flexibility index (Phi) is 3.86. The fraction of sp³-hybridized carbons (Fsp3) is 0.231. The molecule has 4 heteroatoms. The molecule has 0 saturated carbocycles. The summed E-state index contributed by atoms with van der Waals surface area (Å²) in [5.74, 6) is 1.19. The Balaban J connectivity index is 2.00. The first-order valence-corrected chi connectivity index (χ1v) is 6.20. The Morgan fingerprint density at radius 1 is 1.41 bits per heavy atom. The van der Waals surface area contributed by atoms with Crippen molar-refractivity contribution in [1.82, 2.24) is 5.32 Å². The molecule has 1 heterocycles. The third kappa shape index (κ3) is 3.11. The van der Waals surface area contributed by atoms with Crippen molar-refractivity contribution >= 4 is 15.9 Å². The van der Waals surface area contributed by atoms with Crippen LogP contribution < -0.4 is 5.32 Å². The SMILES string of the molecule is C[C@H](NCc1cc(Br)ccc1O)c1ccco1. The van der Waals surface area contributed by atoms with E-state index in [0.29, 0.717) is 12.3 Å². The predicted octanol–water partition coefficient (Wildman–Crippen LogP) is 3.60. The lowest BCUT2D eigenvalue weighted by Gasteiger charge is -2.12. The van der Waals surface area contributed by atoms with E-state index < -0.39 is 0 Å². The van der Waals surface area contributed by atoms with Crippen LogP contribution in [0.2, 0.25) is 0 Å². The van der Waals surface area contributed by atoms with Crippen LogP contribution in [0.15, 0.2) is 45.5 Å². The lowest BCUT2D eigenvalue weighted by Crippen LogP contribution is -2.17. The number of rotatable bonds is 4. The molecule has 90 valence electrons. The van der Waals surface area contributed by atoms with E-state index in [4.69, 9.17) is 4.42 Å². The Labute approximate surface area is 109 Å². The maximum Gasteiger partial charge on any atom is 0.120 e. The molecule has 2 rings (SSSR count). The zero-order valence-corrected chi connectivity index (χ0v) is 11.1. The number of phenols is 1. The van der Waals surface area contributed by atoms with Crippen LogP contribution in [-0.4, -0.2) is 5.11 Å². The molecule has 17 heavy (non-hydrogen) atoms. The monoisotopic (exact) mass is 295 g/mol. The van der Waals surface area contributed by atoms with Crippen LogP contribution in [0.25, 0.3) is 0 Å². The molecule has 0 aliphatic heterocycles. The Morgan fingerprint density at radius 3 is 2.94 bits per heavy atom. The van der Waals surface area contributed by atoms with Crippen LogP contribution >= 0.6 is 15.9 Å². The summed E-state index contributed by atoms with van der Waals surface area (Å²) in [6, 6.07) is 9.30. The minimum absolute atomic E-state index is 0.114. The molecule has 0 radical (unpaired) electrons. The third-order valence-electron chi connectivity index (χ3n) is 2.61. The summed E-state index contributed by atoms with van der Waals surface area (Å²) in [6.45, 7) is 2.61. The Bertz CT molecular complexity index is 482. The van der Waals surface area contributed by atoms with E-state index in [1.165, 1.54) is 0 Å². The second kappa shape index (κ2) is 5.38. The molecule has 2 N–H and O–H groups in total. The quantitative estimate of drug-likeness (QED) is 0.906. The lowest BCUT2D eigenvalue weighted by atomic mass is 10.2. The summed E-state index contributed by atoms with van der Waals surface area (Å²) >= 11 is 3.38. The van der Waals surface area contributed by atoms with Gasteiger partial charge >= 0.3 is 0 Å². The normalized spacial score (nSPS) is 12.6. The second-order valence-electron chi connectivity index (χ2n) is 3.89. The molecular weight excluding hydrogens is 282 g/mol. The summed E-state index contributed by atoms with van der Waals surface area (Å²) in [7, 11) is 0. The van der Waals surface area contributed by atoms with Gasteiger partial charge in [0.2, 0.25) is 0 Å².